The number of ether oxygens (including phenoxy) is 2. The summed E-state index contributed by atoms with van der Waals surface area (Å²) in [5.74, 6) is 1.79. The Balaban J connectivity index is 1.92. The van der Waals surface area contributed by atoms with Gasteiger partial charge in [0.25, 0.3) is 0 Å². The van der Waals surface area contributed by atoms with E-state index in [0.29, 0.717) is 12.2 Å². The highest BCUT2D eigenvalue weighted by molar-refractivity contribution is 6.02. The van der Waals surface area contributed by atoms with Crippen LogP contribution in [0, 0.1) is 6.92 Å². The Labute approximate surface area is 165 Å². The van der Waals surface area contributed by atoms with Gasteiger partial charge in [-0.05, 0) is 54.8 Å². The van der Waals surface area contributed by atoms with Crippen molar-refractivity contribution in [1.82, 2.24) is 0 Å². The van der Waals surface area contributed by atoms with Crippen LogP contribution < -0.4 is 9.47 Å². The van der Waals surface area contributed by atoms with E-state index in [9.17, 15) is 4.79 Å². The minimum atomic E-state index is 0.0652. The van der Waals surface area contributed by atoms with Gasteiger partial charge in [-0.2, -0.15) is 0 Å². The Morgan fingerprint density at radius 1 is 0.893 bits per heavy atom. The Kier molecular flexibility index (Phi) is 4.74. The number of Topliss-reactive ketones (excluding diaryl/α,β-unsaturated/α-hetero) is 1. The van der Waals surface area contributed by atoms with Gasteiger partial charge in [0, 0.05) is 16.7 Å². The van der Waals surface area contributed by atoms with E-state index in [1.54, 1.807) is 14.0 Å². The molecule has 0 aliphatic carbocycles. The second-order valence-electron chi connectivity index (χ2n) is 7.00. The van der Waals surface area contributed by atoms with E-state index in [-0.39, 0.29) is 5.78 Å². The van der Waals surface area contributed by atoms with Crippen LogP contribution in [-0.4, -0.2) is 19.5 Å². The minimum absolute atomic E-state index is 0.0652. The summed E-state index contributed by atoms with van der Waals surface area (Å²) in [4.78, 5) is 11.7. The van der Waals surface area contributed by atoms with E-state index >= 15 is 0 Å². The summed E-state index contributed by atoms with van der Waals surface area (Å²) in [6, 6.07) is 22.1. The van der Waals surface area contributed by atoms with Gasteiger partial charge in [-0.25, -0.2) is 0 Å². The van der Waals surface area contributed by atoms with E-state index in [1.807, 2.05) is 42.5 Å². The molecular formula is C25H22O3. The van der Waals surface area contributed by atoms with Gasteiger partial charge in [0.2, 0.25) is 0 Å². The quantitative estimate of drug-likeness (QED) is 0.564. The van der Waals surface area contributed by atoms with Crippen molar-refractivity contribution in [3.05, 3.63) is 94.5 Å². The number of carbonyl (C=O) groups excluding carboxylic acids is 1. The molecule has 3 aromatic carbocycles. The standard InChI is InChI=1S/C25H22O3/c1-16-4-13-24-22(14-16)23(15-28-24)25(20-9-11-21(27-3)12-10-20)19-7-5-18(6-8-19)17(2)26/h4-14H,15H2,1-3H3/b25-23-. The van der Waals surface area contributed by atoms with Gasteiger partial charge in [0.05, 0.1) is 7.11 Å². The van der Waals surface area contributed by atoms with Crippen molar-refractivity contribution >= 4 is 16.9 Å². The second kappa shape index (κ2) is 7.35. The molecule has 1 heterocycles. The van der Waals surface area contributed by atoms with Crippen LogP contribution in [0.4, 0.5) is 0 Å². The zero-order chi connectivity index (χ0) is 19.7. The zero-order valence-corrected chi connectivity index (χ0v) is 16.3. The first-order valence-electron chi connectivity index (χ1n) is 9.29. The fourth-order valence-corrected chi connectivity index (χ4v) is 3.58. The number of ketones is 1. The normalized spacial score (nSPS) is 14.2. The summed E-state index contributed by atoms with van der Waals surface area (Å²) in [7, 11) is 1.67. The Bertz CT molecular complexity index is 1060. The molecule has 0 atom stereocenters. The van der Waals surface area contributed by atoms with Gasteiger partial charge < -0.3 is 9.47 Å². The van der Waals surface area contributed by atoms with Crippen molar-refractivity contribution in [3.63, 3.8) is 0 Å². The number of fused-ring (bicyclic) bond motifs is 1. The fraction of sp³-hybridized carbons (Fsp3) is 0.160. The van der Waals surface area contributed by atoms with Gasteiger partial charge in [0.1, 0.15) is 18.1 Å². The number of benzene rings is 3. The van der Waals surface area contributed by atoms with Gasteiger partial charge in [-0.1, -0.05) is 48.0 Å². The third-order valence-electron chi connectivity index (χ3n) is 5.09. The maximum absolute atomic E-state index is 11.7. The molecule has 0 unspecified atom stereocenters. The molecule has 0 saturated heterocycles. The average Bonchev–Trinajstić information content (AvgIpc) is 3.12. The lowest BCUT2D eigenvalue weighted by Crippen LogP contribution is -1.98. The highest BCUT2D eigenvalue weighted by Gasteiger charge is 2.23. The second-order valence-corrected chi connectivity index (χ2v) is 7.00. The SMILES string of the molecule is COc1ccc(/C(=C2/COc3ccc(C)cc32)c2ccc(C(C)=O)cc2)cc1. The molecule has 0 saturated carbocycles. The zero-order valence-electron chi connectivity index (χ0n) is 16.3. The smallest absolute Gasteiger partial charge is 0.159 e. The number of carbonyl (C=O) groups is 1. The molecule has 0 bridgehead atoms. The Hall–Kier alpha value is -3.33. The number of hydrogen-bond donors (Lipinski definition) is 0. The van der Waals surface area contributed by atoms with E-state index < -0.39 is 0 Å². The third-order valence-corrected chi connectivity index (χ3v) is 5.09. The molecule has 3 nitrogen and oxygen atoms in total. The van der Waals surface area contributed by atoms with Gasteiger partial charge >= 0.3 is 0 Å². The molecule has 3 heteroatoms. The van der Waals surface area contributed by atoms with Crippen molar-refractivity contribution < 1.29 is 14.3 Å². The summed E-state index contributed by atoms with van der Waals surface area (Å²) >= 11 is 0. The first kappa shape index (κ1) is 18.1. The molecule has 0 radical (unpaired) electrons. The van der Waals surface area contributed by atoms with Crippen LogP contribution in [0.25, 0.3) is 11.1 Å². The van der Waals surface area contributed by atoms with Gasteiger partial charge in [-0.3, -0.25) is 4.79 Å². The van der Waals surface area contributed by atoms with Crippen LogP contribution in [0.2, 0.25) is 0 Å². The van der Waals surface area contributed by atoms with Crippen molar-refractivity contribution in [1.29, 1.82) is 0 Å². The molecular weight excluding hydrogens is 348 g/mol. The summed E-state index contributed by atoms with van der Waals surface area (Å²) < 4.78 is 11.3. The largest absolute Gasteiger partial charge is 0.497 e. The molecule has 140 valence electrons. The van der Waals surface area contributed by atoms with Gasteiger partial charge in [-0.15, -0.1) is 0 Å². The molecule has 0 N–H and O–H groups in total. The summed E-state index contributed by atoms with van der Waals surface area (Å²) in [6.07, 6.45) is 0. The Morgan fingerprint density at radius 2 is 1.50 bits per heavy atom. The molecule has 0 amide bonds. The highest BCUT2D eigenvalue weighted by atomic mass is 16.5. The first-order valence-corrected chi connectivity index (χ1v) is 9.29. The molecule has 0 spiro atoms. The maximum atomic E-state index is 11.7. The van der Waals surface area contributed by atoms with Gasteiger partial charge in [0.15, 0.2) is 5.78 Å². The van der Waals surface area contributed by atoms with E-state index in [4.69, 9.17) is 9.47 Å². The monoisotopic (exact) mass is 370 g/mol. The van der Waals surface area contributed by atoms with Crippen molar-refractivity contribution in [3.8, 4) is 11.5 Å². The molecule has 3 aromatic rings. The maximum Gasteiger partial charge on any atom is 0.159 e. The lowest BCUT2D eigenvalue weighted by Gasteiger charge is -2.14. The van der Waals surface area contributed by atoms with Crippen molar-refractivity contribution in [2.24, 2.45) is 0 Å². The topological polar surface area (TPSA) is 35.5 Å². The summed E-state index contributed by atoms with van der Waals surface area (Å²) in [6.45, 7) is 4.20. The van der Waals surface area contributed by atoms with Crippen LogP contribution >= 0.6 is 0 Å². The molecule has 0 aromatic heterocycles. The lowest BCUT2D eigenvalue weighted by atomic mass is 9.89. The summed E-state index contributed by atoms with van der Waals surface area (Å²) in [5, 5.41) is 0. The van der Waals surface area contributed by atoms with Crippen LogP contribution in [0.1, 0.15) is 39.5 Å². The van der Waals surface area contributed by atoms with E-state index in [0.717, 1.165) is 39.3 Å². The number of aryl methyl sites for hydroxylation is 1. The number of rotatable bonds is 4. The third kappa shape index (κ3) is 3.31. The highest BCUT2D eigenvalue weighted by Crippen LogP contribution is 2.41. The van der Waals surface area contributed by atoms with Crippen LogP contribution in [-0.2, 0) is 0 Å². The first-order chi connectivity index (χ1) is 13.6. The lowest BCUT2D eigenvalue weighted by molar-refractivity contribution is 0.101. The predicted octanol–water partition coefficient (Wildman–Crippen LogP) is 5.56. The average molecular weight is 370 g/mol. The van der Waals surface area contributed by atoms with Crippen LogP contribution in [0.3, 0.4) is 0 Å². The fourth-order valence-electron chi connectivity index (χ4n) is 3.58. The van der Waals surface area contributed by atoms with E-state index in [1.165, 1.54) is 5.56 Å². The molecule has 28 heavy (non-hydrogen) atoms. The Morgan fingerprint density at radius 3 is 2.11 bits per heavy atom. The molecule has 1 aliphatic rings. The molecule has 1 aliphatic heterocycles. The molecule has 0 fully saturated rings. The van der Waals surface area contributed by atoms with Crippen molar-refractivity contribution in [2.45, 2.75) is 13.8 Å². The van der Waals surface area contributed by atoms with Crippen molar-refractivity contribution in [2.75, 3.05) is 13.7 Å². The van der Waals surface area contributed by atoms with Crippen LogP contribution in [0.15, 0.2) is 66.7 Å². The van der Waals surface area contributed by atoms with Crippen LogP contribution in [0.5, 0.6) is 11.5 Å². The number of methoxy groups -OCH3 is 1. The summed E-state index contributed by atoms with van der Waals surface area (Å²) in [5.41, 5.74) is 7.44. The minimum Gasteiger partial charge on any atom is -0.497 e. The number of hydrogen-bond acceptors (Lipinski definition) is 3. The molecule has 4 rings (SSSR count). The predicted molar refractivity (Wildman–Crippen MR) is 112 cm³/mol. The van der Waals surface area contributed by atoms with E-state index in [2.05, 4.69) is 31.2 Å².